The Labute approximate surface area is 71.7 Å². The maximum atomic E-state index is 10.1. The van der Waals surface area contributed by atoms with Gasteiger partial charge in [-0.1, -0.05) is 6.58 Å². The Hall–Kier alpha value is -1.03. The SMILES string of the molecule is C=C(CC(=O)O)OOC(C)(C)C. The Kier molecular flexibility index (Phi) is 3.76. The molecule has 0 aromatic heterocycles. The van der Waals surface area contributed by atoms with E-state index in [0.29, 0.717) is 0 Å². The third kappa shape index (κ3) is 7.08. The summed E-state index contributed by atoms with van der Waals surface area (Å²) in [4.78, 5) is 19.6. The molecule has 0 amide bonds. The number of aliphatic carboxylic acids is 1. The van der Waals surface area contributed by atoms with Crippen LogP contribution in [0.1, 0.15) is 27.2 Å². The zero-order valence-electron chi connectivity index (χ0n) is 7.59. The lowest BCUT2D eigenvalue weighted by molar-refractivity contribution is -0.322. The van der Waals surface area contributed by atoms with E-state index in [9.17, 15) is 4.79 Å². The maximum Gasteiger partial charge on any atom is 0.311 e. The van der Waals surface area contributed by atoms with Crippen LogP contribution in [0.2, 0.25) is 0 Å². The summed E-state index contributed by atoms with van der Waals surface area (Å²) in [5.41, 5.74) is -0.457. The number of rotatable bonds is 4. The highest BCUT2D eigenvalue weighted by Crippen LogP contribution is 2.11. The number of carbonyl (C=O) groups is 1. The summed E-state index contributed by atoms with van der Waals surface area (Å²) in [6, 6.07) is 0. The van der Waals surface area contributed by atoms with E-state index in [-0.39, 0.29) is 12.2 Å². The van der Waals surface area contributed by atoms with Gasteiger partial charge in [0.05, 0.1) is 0 Å². The molecule has 12 heavy (non-hydrogen) atoms. The summed E-state index contributed by atoms with van der Waals surface area (Å²) in [7, 11) is 0. The fraction of sp³-hybridized carbons (Fsp3) is 0.625. The fourth-order valence-corrected chi connectivity index (χ4v) is 0.382. The summed E-state index contributed by atoms with van der Waals surface area (Å²) in [6.45, 7) is 8.75. The van der Waals surface area contributed by atoms with Crippen LogP contribution >= 0.6 is 0 Å². The van der Waals surface area contributed by atoms with Crippen molar-refractivity contribution >= 4 is 5.97 Å². The Morgan fingerprint density at radius 2 is 2.00 bits per heavy atom. The number of carboxylic acid groups (broad SMARTS) is 1. The molecule has 4 heteroatoms. The molecule has 0 aromatic rings. The molecule has 0 aromatic carbocycles. The normalized spacial score (nSPS) is 10.9. The molecule has 0 heterocycles. The van der Waals surface area contributed by atoms with E-state index in [1.54, 1.807) is 20.8 Å². The molecular formula is C8H14O4. The van der Waals surface area contributed by atoms with Crippen LogP contribution in [-0.4, -0.2) is 16.7 Å². The second kappa shape index (κ2) is 4.11. The molecule has 0 radical (unpaired) electrons. The zero-order chi connectivity index (χ0) is 9.78. The Balaban J connectivity index is 3.65. The van der Waals surface area contributed by atoms with E-state index in [1.807, 2.05) is 0 Å². The van der Waals surface area contributed by atoms with Gasteiger partial charge in [-0.25, -0.2) is 0 Å². The van der Waals surface area contributed by atoms with Gasteiger partial charge in [0.25, 0.3) is 0 Å². The largest absolute Gasteiger partial charge is 0.481 e. The van der Waals surface area contributed by atoms with Gasteiger partial charge in [-0.15, -0.1) is 0 Å². The number of hydrogen-bond donors (Lipinski definition) is 1. The van der Waals surface area contributed by atoms with E-state index in [0.717, 1.165) is 0 Å². The highest BCUT2D eigenvalue weighted by molar-refractivity contribution is 5.69. The fourth-order valence-electron chi connectivity index (χ4n) is 0.382. The molecule has 0 atom stereocenters. The lowest BCUT2D eigenvalue weighted by Gasteiger charge is -2.17. The van der Waals surface area contributed by atoms with Crippen molar-refractivity contribution in [1.82, 2.24) is 0 Å². The molecule has 0 aliphatic rings. The minimum Gasteiger partial charge on any atom is -0.481 e. The maximum absolute atomic E-state index is 10.1. The Bertz CT molecular complexity index is 178. The lowest BCUT2D eigenvalue weighted by atomic mass is 10.2. The van der Waals surface area contributed by atoms with Crippen molar-refractivity contribution in [3.05, 3.63) is 12.3 Å². The topological polar surface area (TPSA) is 55.8 Å². The molecule has 0 unspecified atom stereocenters. The molecule has 0 aliphatic heterocycles. The summed E-state index contributed by atoms with van der Waals surface area (Å²) in [6.07, 6.45) is -0.240. The monoisotopic (exact) mass is 174 g/mol. The van der Waals surface area contributed by atoms with Crippen molar-refractivity contribution in [2.24, 2.45) is 0 Å². The summed E-state index contributed by atoms with van der Waals surface area (Å²) < 4.78 is 0. The van der Waals surface area contributed by atoms with E-state index < -0.39 is 11.6 Å². The number of hydrogen-bond acceptors (Lipinski definition) is 3. The number of carboxylic acids is 1. The summed E-state index contributed by atoms with van der Waals surface area (Å²) in [5.74, 6) is -0.894. The van der Waals surface area contributed by atoms with Gasteiger partial charge in [-0.2, -0.15) is 4.89 Å². The molecule has 0 saturated heterocycles. The molecule has 0 bridgehead atoms. The average molecular weight is 174 g/mol. The highest BCUT2D eigenvalue weighted by Gasteiger charge is 2.13. The van der Waals surface area contributed by atoms with Crippen LogP contribution in [0.15, 0.2) is 12.3 Å². The van der Waals surface area contributed by atoms with Gasteiger partial charge in [-0.05, 0) is 20.8 Å². The van der Waals surface area contributed by atoms with Gasteiger partial charge in [0.15, 0.2) is 0 Å². The first-order valence-electron chi connectivity index (χ1n) is 3.56. The van der Waals surface area contributed by atoms with Gasteiger partial charge in [-0.3, -0.25) is 4.79 Å². The van der Waals surface area contributed by atoms with Crippen molar-refractivity contribution in [1.29, 1.82) is 0 Å². The molecule has 4 nitrogen and oxygen atoms in total. The van der Waals surface area contributed by atoms with Gasteiger partial charge >= 0.3 is 5.97 Å². The van der Waals surface area contributed by atoms with Crippen molar-refractivity contribution < 1.29 is 19.7 Å². The van der Waals surface area contributed by atoms with E-state index in [1.165, 1.54) is 0 Å². The second-order valence-corrected chi connectivity index (χ2v) is 3.39. The predicted molar refractivity (Wildman–Crippen MR) is 43.3 cm³/mol. The van der Waals surface area contributed by atoms with Crippen LogP contribution in [0, 0.1) is 0 Å². The van der Waals surface area contributed by atoms with Crippen LogP contribution < -0.4 is 0 Å². The van der Waals surface area contributed by atoms with Gasteiger partial charge in [0, 0.05) is 0 Å². The third-order valence-corrected chi connectivity index (χ3v) is 0.758. The first kappa shape index (κ1) is 11.0. The zero-order valence-corrected chi connectivity index (χ0v) is 7.59. The highest BCUT2D eigenvalue weighted by atomic mass is 17.2. The predicted octanol–water partition coefficient (Wildman–Crippen LogP) is 1.72. The molecule has 0 spiro atoms. The van der Waals surface area contributed by atoms with Crippen LogP contribution in [-0.2, 0) is 14.6 Å². The van der Waals surface area contributed by atoms with Crippen LogP contribution in [0.4, 0.5) is 0 Å². The molecule has 0 aliphatic carbocycles. The summed E-state index contributed by atoms with van der Waals surface area (Å²) >= 11 is 0. The van der Waals surface area contributed by atoms with Crippen molar-refractivity contribution in [2.75, 3.05) is 0 Å². The van der Waals surface area contributed by atoms with Crippen LogP contribution in [0.3, 0.4) is 0 Å². The van der Waals surface area contributed by atoms with E-state index >= 15 is 0 Å². The summed E-state index contributed by atoms with van der Waals surface area (Å²) in [5, 5.41) is 8.32. The smallest absolute Gasteiger partial charge is 0.311 e. The molecule has 70 valence electrons. The molecule has 0 fully saturated rings. The van der Waals surface area contributed by atoms with E-state index in [4.69, 9.17) is 9.99 Å². The first-order chi connectivity index (χ1) is 5.31. The Morgan fingerprint density at radius 1 is 1.50 bits per heavy atom. The van der Waals surface area contributed by atoms with Crippen molar-refractivity contribution in [3.8, 4) is 0 Å². The van der Waals surface area contributed by atoms with E-state index in [2.05, 4.69) is 11.5 Å². The van der Waals surface area contributed by atoms with Gasteiger partial charge < -0.3 is 9.99 Å². The van der Waals surface area contributed by atoms with Crippen molar-refractivity contribution in [3.63, 3.8) is 0 Å². The standard InChI is InChI=1S/C8H14O4/c1-6(5-7(9)10)11-12-8(2,3)4/h1,5H2,2-4H3,(H,9,10). The van der Waals surface area contributed by atoms with Crippen molar-refractivity contribution in [2.45, 2.75) is 32.8 Å². The molecule has 1 N–H and O–H groups in total. The first-order valence-corrected chi connectivity index (χ1v) is 3.56. The average Bonchev–Trinajstić information content (AvgIpc) is 1.80. The molecule has 0 saturated carbocycles. The second-order valence-electron chi connectivity index (χ2n) is 3.39. The van der Waals surface area contributed by atoms with Crippen LogP contribution in [0.25, 0.3) is 0 Å². The quantitative estimate of drug-likeness (QED) is 0.400. The van der Waals surface area contributed by atoms with Gasteiger partial charge in [0.1, 0.15) is 17.8 Å². The third-order valence-electron chi connectivity index (χ3n) is 0.758. The molecule has 0 rings (SSSR count). The minimum absolute atomic E-state index is 0.0948. The van der Waals surface area contributed by atoms with Crippen LogP contribution in [0.5, 0.6) is 0 Å². The lowest BCUT2D eigenvalue weighted by Crippen LogP contribution is -2.19. The minimum atomic E-state index is -0.988. The van der Waals surface area contributed by atoms with Gasteiger partial charge in [0.2, 0.25) is 0 Å². The Morgan fingerprint density at radius 3 is 2.33 bits per heavy atom. The molecular weight excluding hydrogens is 160 g/mol.